The number of phenols is 1. The van der Waals surface area contributed by atoms with Crippen molar-refractivity contribution in [3.63, 3.8) is 0 Å². The van der Waals surface area contributed by atoms with Crippen LogP contribution in [0.5, 0.6) is 11.5 Å². The monoisotopic (exact) mass is 381 g/mol. The molecule has 0 spiro atoms. The summed E-state index contributed by atoms with van der Waals surface area (Å²) in [6.07, 6.45) is 3.26. The van der Waals surface area contributed by atoms with Gasteiger partial charge < -0.3 is 19.3 Å². The molecule has 0 radical (unpaired) electrons. The molecule has 0 unspecified atom stereocenters. The third-order valence-corrected chi connectivity index (χ3v) is 5.13. The van der Waals surface area contributed by atoms with Crippen LogP contribution in [-0.4, -0.2) is 23.3 Å². The van der Waals surface area contributed by atoms with Gasteiger partial charge in [-0.3, -0.25) is 4.98 Å². The number of hydrogen-bond donors (Lipinski definition) is 1. The fourth-order valence-corrected chi connectivity index (χ4v) is 3.67. The molecule has 27 heavy (non-hydrogen) atoms. The van der Waals surface area contributed by atoms with Gasteiger partial charge in [-0.15, -0.1) is 0 Å². The molecule has 1 aliphatic rings. The molecule has 1 N–H and O–H groups in total. The van der Waals surface area contributed by atoms with Crippen molar-refractivity contribution >= 4 is 11.8 Å². The highest BCUT2D eigenvalue weighted by atomic mass is 32.2. The third kappa shape index (κ3) is 4.60. The highest BCUT2D eigenvalue weighted by molar-refractivity contribution is 7.99. The fourth-order valence-electron chi connectivity index (χ4n) is 2.75. The van der Waals surface area contributed by atoms with Crippen LogP contribution in [0, 0.1) is 0 Å². The molecule has 0 amide bonds. The van der Waals surface area contributed by atoms with Crippen molar-refractivity contribution in [3.05, 3.63) is 78.1 Å². The topological polar surface area (TPSA) is 60.8 Å². The molecule has 0 aliphatic carbocycles. The van der Waals surface area contributed by atoms with Crippen LogP contribution < -0.4 is 4.74 Å². The molecule has 0 saturated carbocycles. The average Bonchev–Trinajstić information content (AvgIpc) is 3.23. The van der Waals surface area contributed by atoms with Gasteiger partial charge in [0.25, 0.3) is 0 Å². The van der Waals surface area contributed by atoms with Crippen LogP contribution in [0.3, 0.4) is 0 Å². The molecule has 2 heterocycles. The van der Waals surface area contributed by atoms with Gasteiger partial charge >= 0.3 is 0 Å². The first-order valence-electron chi connectivity index (χ1n) is 8.64. The van der Waals surface area contributed by atoms with Crippen LogP contribution in [0.4, 0.5) is 0 Å². The molecule has 0 atom stereocenters. The first-order chi connectivity index (χ1) is 13.3. The number of aromatic nitrogens is 1. The number of benzene rings is 2. The molecule has 1 saturated heterocycles. The Hall–Kier alpha value is -2.54. The Morgan fingerprint density at radius 3 is 2.67 bits per heavy atom. The van der Waals surface area contributed by atoms with E-state index in [1.807, 2.05) is 42.6 Å². The van der Waals surface area contributed by atoms with Crippen molar-refractivity contribution in [3.8, 4) is 11.5 Å². The Balaban J connectivity index is 1.41. The van der Waals surface area contributed by atoms with E-state index in [0.29, 0.717) is 19.8 Å². The second-order valence-corrected chi connectivity index (χ2v) is 7.13. The standard InChI is InChI=1S/C21H19NO4S/c23-16-3-1-2-15(12-16)14-26-17-4-6-18(7-5-17)27-20-13-22-9-8-19(20)21-24-10-11-25-21/h1-9,12-13,21,23H,10-11,14H2. The zero-order valence-electron chi connectivity index (χ0n) is 14.6. The predicted octanol–water partition coefficient (Wildman–Crippen LogP) is 4.56. The number of pyridine rings is 1. The lowest BCUT2D eigenvalue weighted by molar-refractivity contribution is -0.0460. The predicted molar refractivity (Wildman–Crippen MR) is 102 cm³/mol. The zero-order chi connectivity index (χ0) is 18.5. The van der Waals surface area contributed by atoms with Crippen molar-refractivity contribution in [2.45, 2.75) is 22.7 Å². The van der Waals surface area contributed by atoms with Crippen LogP contribution in [0.25, 0.3) is 0 Å². The summed E-state index contributed by atoms with van der Waals surface area (Å²) in [5.74, 6) is 1.02. The molecule has 2 aromatic carbocycles. The summed E-state index contributed by atoms with van der Waals surface area (Å²) in [4.78, 5) is 6.31. The SMILES string of the molecule is Oc1cccc(COc2ccc(Sc3cnccc3C3OCCO3)cc2)c1. The summed E-state index contributed by atoms with van der Waals surface area (Å²) in [6.45, 7) is 1.63. The van der Waals surface area contributed by atoms with Crippen LogP contribution in [-0.2, 0) is 16.1 Å². The lowest BCUT2D eigenvalue weighted by Gasteiger charge is -2.14. The molecule has 0 bridgehead atoms. The summed E-state index contributed by atoms with van der Waals surface area (Å²) in [5.41, 5.74) is 1.92. The largest absolute Gasteiger partial charge is 0.508 e. The van der Waals surface area contributed by atoms with E-state index in [9.17, 15) is 5.11 Å². The summed E-state index contributed by atoms with van der Waals surface area (Å²) in [6, 6.07) is 16.9. The van der Waals surface area contributed by atoms with Crippen molar-refractivity contribution in [1.29, 1.82) is 0 Å². The molecule has 1 fully saturated rings. The Kier molecular flexibility index (Phi) is 5.58. The molecule has 3 aromatic rings. The van der Waals surface area contributed by atoms with E-state index in [0.717, 1.165) is 26.7 Å². The first kappa shape index (κ1) is 17.9. The van der Waals surface area contributed by atoms with Crippen LogP contribution in [0.2, 0.25) is 0 Å². The zero-order valence-corrected chi connectivity index (χ0v) is 15.4. The van der Waals surface area contributed by atoms with E-state index in [2.05, 4.69) is 4.98 Å². The van der Waals surface area contributed by atoms with Gasteiger partial charge in [0.1, 0.15) is 18.1 Å². The van der Waals surface area contributed by atoms with Gasteiger partial charge in [-0.05, 0) is 48.0 Å². The molecule has 6 heteroatoms. The average molecular weight is 381 g/mol. The maximum absolute atomic E-state index is 9.51. The van der Waals surface area contributed by atoms with Crippen molar-refractivity contribution in [2.24, 2.45) is 0 Å². The minimum atomic E-state index is -0.319. The van der Waals surface area contributed by atoms with Gasteiger partial charge in [-0.1, -0.05) is 23.9 Å². The lowest BCUT2D eigenvalue weighted by Crippen LogP contribution is -2.00. The van der Waals surface area contributed by atoms with Crippen molar-refractivity contribution < 1.29 is 19.3 Å². The highest BCUT2D eigenvalue weighted by Gasteiger charge is 2.21. The van der Waals surface area contributed by atoms with Crippen molar-refractivity contribution in [2.75, 3.05) is 13.2 Å². The summed E-state index contributed by atoms with van der Waals surface area (Å²) < 4.78 is 17.0. The second-order valence-electron chi connectivity index (χ2n) is 6.02. The molecule has 1 aliphatic heterocycles. The van der Waals surface area contributed by atoms with Crippen LogP contribution in [0.1, 0.15) is 17.4 Å². The van der Waals surface area contributed by atoms with Gasteiger partial charge in [0.2, 0.25) is 0 Å². The van der Waals surface area contributed by atoms with E-state index in [4.69, 9.17) is 14.2 Å². The van der Waals surface area contributed by atoms with E-state index >= 15 is 0 Å². The Labute approximate surface area is 161 Å². The second kappa shape index (κ2) is 8.43. The Bertz CT molecular complexity index is 895. The maximum atomic E-state index is 9.51. The van der Waals surface area contributed by atoms with Gasteiger partial charge in [-0.2, -0.15) is 0 Å². The highest BCUT2D eigenvalue weighted by Crippen LogP contribution is 2.36. The lowest BCUT2D eigenvalue weighted by atomic mass is 10.2. The quantitative estimate of drug-likeness (QED) is 0.675. The normalized spacial score (nSPS) is 14.4. The number of ether oxygens (including phenoxy) is 3. The molecular formula is C21H19NO4S. The number of rotatable bonds is 6. The number of aromatic hydroxyl groups is 1. The minimum Gasteiger partial charge on any atom is -0.508 e. The molecular weight excluding hydrogens is 362 g/mol. The minimum absolute atomic E-state index is 0.241. The number of nitrogens with zero attached hydrogens (tertiary/aromatic N) is 1. The van der Waals surface area contributed by atoms with Gasteiger partial charge in [0, 0.05) is 27.7 Å². The summed E-state index contributed by atoms with van der Waals surface area (Å²) in [7, 11) is 0. The maximum Gasteiger partial charge on any atom is 0.185 e. The number of phenolic OH excluding ortho intramolecular Hbond substituents is 1. The van der Waals surface area contributed by atoms with E-state index in [1.165, 1.54) is 0 Å². The Morgan fingerprint density at radius 2 is 1.89 bits per heavy atom. The molecule has 4 rings (SSSR count). The fraction of sp³-hybridized carbons (Fsp3) is 0.190. The summed E-state index contributed by atoms with van der Waals surface area (Å²) in [5, 5.41) is 9.51. The van der Waals surface area contributed by atoms with Gasteiger partial charge in [0.15, 0.2) is 6.29 Å². The van der Waals surface area contributed by atoms with Gasteiger partial charge in [0.05, 0.1) is 13.2 Å². The molecule has 5 nitrogen and oxygen atoms in total. The van der Waals surface area contributed by atoms with E-state index in [1.54, 1.807) is 36.2 Å². The first-order valence-corrected chi connectivity index (χ1v) is 9.45. The number of hydrogen-bond acceptors (Lipinski definition) is 6. The van der Waals surface area contributed by atoms with Crippen molar-refractivity contribution in [1.82, 2.24) is 4.98 Å². The Morgan fingerprint density at radius 1 is 1.07 bits per heavy atom. The summed E-state index contributed by atoms with van der Waals surface area (Å²) >= 11 is 1.62. The van der Waals surface area contributed by atoms with Crippen LogP contribution >= 0.6 is 11.8 Å². The smallest absolute Gasteiger partial charge is 0.185 e. The van der Waals surface area contributed by atoms with E-state index < -0.39 is 0 Å². The van der Waals surface area contributed by atoms with Gasteiger partial charge in [-0.25, -0.2) is 0 Å². The van der Waals surface area contributed by atoms with E-state index in [-0.39, 0.29) is 12.0 Å². The molecule has 138 valence electrons. The molecule has 1 aromatic heterocycles. The van der Waals surface area contributed by atoms with Crippen LogP contribution in [0.15, 0.2) is 76.8 Å². The third-order valence-electron chi connectivity index (χ3n) is 4.06.